The molecule has 0 spiro atoms. The summed E-state index contributed by atoms with van der Waals surface area (Å²) in [7, 11) is 0. The Morgan fingerprint density at radius 2 is 1.80 bits per heavy atom. The zero-order valence-electron chi connectivity index (χ0n) is 16.2. The SMILES string of the molecule is O=C(CN1CCN(Cc2nnc(-c3ccc(Cl)cc3)o2)CC1)Nc1cccc(F)c1. The van der Waals surface area contributed by atoms with E-state index >= 15 is 0 Å². The number of benzene rings is 2. The van der Waals surface area contributed by atoms with Crippen LogP contribution in [0.4, 0.5) is 10.1 Å². The highest BCUT2D eigenvalue weighted by atomic mass is 35.5. The van der Waals surface area contributed by atoms with Crippen LogP contribution >= 0.6 is 11.6 Å². The highest BCUT2D eigenvalue weighted by Gasteiger charge is 2.21. The summed E-state index contributed by atoms with van der Waals surface area (Å²) in [6.07, 6.45) is 0. The number of carbonyl (C=O) groups excluding carboxylic acids is 1. The summed E-state index contributed by atoms with van der Waals surface area (Å²) in [5.74, 6) is 0.492. The van der Waals surface area contributed by atoms with Crippen molar-refractivity contribution < 1.29 is 13.6 Å². The van der Waals surface area contributed by atoms with Gasteiger partial charge in [-0.2, -0.15) is 0 Å². The van der Waals surface area contributed by atoms with Gasteiger partial charge >= 0.3 is 0 Å². The predicted octanol–water partition coefficient (Wildman–Crippen LogP) is 3.29. The normalized spacial score (nSPS) is 15.3. The molecule has 0 atom stereocenters. The highest BCUT2D eigenvalue weighted by molar-refractivity contribution is 6.30. The lowest BCUT2D eigenvalue weighted by Crippen LogP contribution is -2.48. The second kappa shape index (κ2) is 9.34. The topological polar surface area (TPSA) is 74.5 Å². The molecule has 0 radical (unpaired) electrons. The molecule has 1 aromatic heterocycles. The third-order valence-electron chi connectivity index (χ3n) is 4.86. The Hall–Kier alpha value is -2.81. The van der Waals surface area contributed by atoms with Crippen molar-refractivity contribution >= 4 is 23.2 Å². The fourth-order valence-electron chi connectivity index (χ4n) is 3.29. The van der Waals surface area contributed by atoms with Crippen molar-refractivity contribution in [3.63, 3.8) is 0 Å². The lowest BCUT2D eigenvalue weighted by molar-refractivity contribution is -0.117. The van der Waals surface area contributed by atoms with Gasteiger partial charge < -0.3 is 9.73 Å². The standard InChI is InChI=1S/C21H21ClFN5O2/c22-16-6-4-15(5-7-16)21-26-25-20(30-21)14-28-10-8-27(9-11-28)13-19(29)24-18-3-1-2-17(23)12-18/h1-7,12H,8-11,13-14H2,(H,24,29). The minimum atomic E-state index is -0.373. The molecule has 1 saturated heterocycles. The summed E-state index contributed by atoms with van der Waals surface area (Å²) < 4.78 is 19.0. The minimum Gasteiger partial charge on any atom is -0.419 e. The molecule has 156 valence electrons. The number of aromatic nitrogens is 2. The number of piperazine rings is 1. The molecule has 0 aliphatic carbocycles. The van der Waals surface area contributed by atoms with Crippen LogP contribution in [-0.2, 0) is 11.3 Å². The fraction of sp³-hybridized carbons (Fsp3) is 0.286. The van der Waals surface area contributed by atoms with Crippen LogP contribution in [0.25, 0.3) is 11.5 Å². The summed E-state index contributed by atoms with van der Waals surface area (Å²) in [6.45, 7) is 3.89. The molecule has 2 heterocycles. The van der Waals surface area contributed by atoms with E-state index in [1.54, 1.807) is 24.3 Å². The Morgan fingerprint density at radius 3 is 2.53 bits per heavy atom. The smallest absolute Gasteiger partial charge is 0.247 e. The minimum absolute atomic E-state index is 0.154. The van der Waals surface area contributed by atoms with Crippen molar-refractivity contribution in [3.8, 4) is 11.5 Å². The third-order valence-corrected chi connectivity index (χ3v) is 5.11. The van der Waals surface area contributed by atoms with Gasteiger partial charge in [0.15, 0.2) is 0 Å². The number of halogens is 2. The van der Waals surface area contributed by atoms with Crippen LogP contribution in [0.3, 0.4) is 0 Å². The van der Waals surface area contributed by atoms with Crippen LogP contribution in [-0.4, -0.2) is 58.6 Å². The summed E-state index contributed by atoms with van der Waals surface area (Å²) in [5, 5.41) is 11.6. The number of amides is 1. The van der Waals surface area contributed by atoms with Crippen molar-refractivity contribution in [2.75, 3.05) is 38.0 Å². The van der Waals surface area contributed by atoms with Crippen molar-refractivity contribution in [1.82, 2.24) is 20.0 Å². The summed E-state index contributed by atoms with van der Waals surface area (Å²) in [4.78, 5) is 16.5. The monoisotopic (exact) mass is 429 g/mol. The molecular weight excluding hydrogens is 409 g/mol. The van der Waals surface area contributed by atoms with Gasteiger partial charge in [0.25, 0.3) is 0 Å². The van der Waals surface area contributed by atoms with Crippen molar-refractivity contribution in [2.45, 2.75) is 6.54 Å². The van der Waals surface area contributed by atoms with E-state index in [1.807, 2.05) is 12.1 Å². The maximum absolute atomic E-state index is 13.2. The Kier molecular flexibility index (Phi) is 6.37. The highest BCUT2D eigenvalue weighted by Crippen LogP contribution is 2.21. The van der Waals surface area contributed by atoms with Crippen LogP contribution in [0, 0.1) is 5.82 Å². The maximum Gasteiger partial charge on any atom is 0.247 e. The van der Waals surface area contributed by atoms with Crippen molar-refractivity contribution in [1.29, 1.82) is 0 Å². The van der Waals surface area contributed by atoms with Gasteiger partial charge in [-0.15, -0.1) is 10.2 Å². The molecule has 4 rings (SSSR count). The van der Waals surface area contributed by atoms with E-state index in [-0.39, 0.29) is 18.3 Å². The molecule has 1 N–H and O–H groups in total. The lowest BCUT2D eigenvalue weighted by atomic mass is 10.2. The Balaban J connectivity index is 1.24. The number of rotatable bonds is 6. The predicted molar refractivity (Wildman–Crippen MR) is 111 cm³/mol. The van der Waals surface area contributed by atoms with Crippen LogP contribution in [0.15, 0.2) is 52.9 Å². The number of carbonyl (C=O) groups is 1. The quantitative estimate of drug-likeness (QED) is 0.648. The van der Waals surface area contributed by atoms with Crippen LogP contribution in [0.1, 0.15) is 5.89 Å². The number of hydrogen-bond donors (Lipinski definition) is 1. The second-order valence-corrected chi connectivity index (χ2v) is 7.56. The third kappa shape index (κ3) is 5.41. The van der Waals surface area contributed by atoms with Crippen molar-refractivity contribution in [3.05, 3.63) is 65.3 Å². The van der Waals surface area contributed by atoms with Gasteiger partial charge in [-0.1, -0.05) is 17.7 Å². The van der Waals surface area contributed by atoms with Gasteiger partial charge in [0, 0.05) is 42.5 Å². The maximum atomic E-state index is 13.2. The first-order valence-electron chi connectivity index (χ1n) is 9.63. The molecule has 2 aromatic carbocycles. The zero-order chi connectivity index (χ0) is 20.9. The summed E-state index contributed by atoms with van der Waals surface area (Å²) in [5.41, 5.74) is 1.29. The van der Waals surface area contributed by atoms with E-state index in [1.165, 1.54) is 12.1 Å². The Morgan fingerprint density at radius 1 is 1.07 bits per heavy atom. The van der Waals surface area contributed by atoms with Gasteiger partial charge in [-0.05, 0) is 42.5 Å². The zero-order valence-corrected chi connectivity index (χ0v) is 17.0. The van der Waals surface area contributed by atoms with Gasteiger partial charge in [0.1, 0.15) is 5.82 Å². The number of nitrogens with one attached hydrogen (secondary N) is 1. The van der Waals surface area contributed by atoms with Crippen molar-refractivity contribution in [2.24, 2.45) is 0 Å². The molecule has 1 fully saturated rings. The molecule has 0 unspecified atom stereocenters. The van der Waals surface area contributed by atoms with Crippen LogP contribution in [0.2, 0.25) is 5.02 Å². The number of anilines is 1. The van der Waals surface area contributed by atoms with E-state index in [4.69, 9.17) is 16.0 Å². The number of hydrogen-bond acceptors (Lipinski definition) is 6. The molecule has 0 saturated carbocycles. The molecular formula is C21H21ClFN5O2. The molecule has 3 aromatic rings. The summed E-state index contributed by atoms with van der Waals surface area (Å²) >= 11 is 5.91. The van der Waals surface area contributed by atoms with E-state index in [9.17, 15) is 9.18 Å². The molecule has 0 bridgehead atoms. The molecule has 9 heteroatoms. The average molecular weight is 430 g/mol. The van der Waals surface area contributed by atoms with Gasteiger partial charge in [-0.25, -0.2) is 4.39 Å². The van der Waals surface area contributed by atoms with Gasteiger partial charge in [0.2, 0.25) is 17.7 Å². The lowest BCUT2D eigenvalue weighted by Gasteiger charge is -2.33. The molecule has 7 nitrogen and oxygen atoms in total. The van der Waals surface area contributed by atoms with Crippen LogP contribution < -0.4 is 5.32 Å². The fourth-order valence-corrected chi connectivity index (χ4v) is 3.42. The molecule has 30 heavy (non-hydrogen) atoms. The van der Waals surface area contributed by atoms with E-state index < -0.39 is 0 Å². The summed E-state index contributed by atoms with van der Waals surface area (Å²) in [6, 6.07) is 13.1. The Bertz CT molecular complexity index is 1000. The molecule has 1 aliphatic heterocycles. The van der Waals surface area contributed by atoms with Gasteiger partial charge in [0.05, 0.1) is 13.1 Å². The first-order chi connectivity index (χ1) is 14.5. The van der Waals surface area contributed by atoms with Crippen LogP contribution in [0.5, 0.6) is 0 Å². The van der Waals surface area contributed by atoms with Gasteiger partial charge in [-0.3, -0.25) is 14.6 Å². The van der Waals surface area contributed by atoms with E-state index in [0.29, 0.717) is 29.0 Å². The molecule has 1 amide bonds. The molecule has 1 aliphatic rings. The van der Waals surface area contributed by atoms with E-state index in [2.05, 4.69) is 25.3 Å². The second-order valence-electron chi connectivity index (χ2n) is 7.12. The Labute approximate surface area is 178 Å². The average Bonchev–Trinajstić information content (AvgIpc) is 3.18. The van der Waals surface area contributed by atoms with E-state index in [0.717, 1.165) is 31.7 Å². The largest absolute Gasteiger partial charge is 0.419 e. The number of nitrogens with zero attached hydrogens (tertiary/aromatic N) is 4. The first kappa shape index (κ1) is 20.5. The first-order valence-corrected chi connectivity index (χ1v) is 10.0.